The monoisotopic (exact) mass is 220 g/mol. The van der Waals surface area contributed by atoms with Crippen molar-refractivity contribution in [2.24, 2.45) is 11.8 Å². The number of anilines is 2. The Kier molecular flexibility index (Phi) is 2.99. The van der Waals surface area contributed by atoms with Gasteiger partial charge in [-0.2, -0.15) is 0 Å². The van der Waals surface area contributed by atoms with Crippen molar-refractivity contribution < 1.29 is 0 Å². The Hall–Kier alpha value is -1.32. The molecule has 1 aromatic rings. The maximum atomic E-state index is 5.76. The summed E-state index contributed by atoms with van der Waals surface area (Å²) in [6.07, 6.45) is 1.32. The van der Waals surface area contributed by atoms with Crippen LogP contribution in [-0.2, 0) is 0 Å². The van der Waals surface area contributed by atoms with E-state index in [4.69, 9.17) is 5.73 Å². The molecule has 0 spiro atoms. The average Bonchev–Trinajstić information content (AvgIpc) is 2.91. The molecule has 0 amide bonds. The van der Waals surface area contributed by atoms with Crippen molar-refractivity contribution in [1.82, 2.24) is 9.97 Å². The van der Waals surface area contributed by atoms with Crippen molar-refractivity contribution in [3.8, 4) is 0 Å². The second-order valence-electron chi connectivity index (χ2n) is 5.04. The van der Waals surface area contributed by atoms with E-state index in [0.717, 1.165) is 30.0 Å². The summed E-state index contributed by atoms with van der Waals surface area (Å²) >= 11 is 0. The Morgan fingerprint density at radius 2 is 2.19 bits per heavy atom. The van der Waals surface area contributed by atoms with Crippen LogP contribution in [0.15, 0.2) is 6.07 Å². The molecule has 2 rings (SSSR count). The third kappa shape index (κ3) is 2.62. The molecular weight excluding hydrogens is 200 g/mol. The number of hydrogen-bond acceptors (Lipinski definition) is 4. The molecule has 1 fully saturated rings. The standard InChI is InChI=1S/C12H20N4/c1-7(2)12-15-10(13)5-11(16-12)14-6-9-4-8(9)3/h5,7-9H,4,6H2,1-3H3,(H3,13,14,15,16). The fraction of sp³-hybridized carbons (Fsp3) is 0.667. The van der Waals surface area contributed by atoms with Gasteiger partial charge in [0.05, 0.1) is 0 Å². The first-order chi connectivity index (χ1) is 7.56. The van der Waals surface area contributed by atoms with Gasteiger partial charge >= 0.3 is 0 Å². The third-order valence-corrected chi connectivity index (χ3v) is 3.10. The van der Waals surface area contributed by atoms with E-state index in [2.05, 4.69) is 36.1 Å². The van der Waals surface area contributed by atoms with E-state index in [-0.39, 0.29) is 0 Å². The summed E-state index contributed by atoms with van der Waals surface area (Å²) in [6, 6.07) is 1.80. The van der Waals surface area contributed by atoms with Gasteiger partial charge < -0.3 is 11.1 Å². The predicted octanol–water partition coefficient (Wildman–Crippen LogP) is 2.25. The average molecular weight is 220 g/mol. The Bertz CT molecular complexity index is 375. The Morgan fingerprint density at radius 1 is 1.50 bits per heavy atom. The van der Waals surface area contributed by atoms with E-state index in [1.54, 1.807) is 6.07 Å². The number of nitrogen functional groups attached to an aromatic ring is 1. The zero-order chi connectivity index (χ0) is 11.7. The second kappa shape index (κ2) is 4.28. The molecule has 1 aromatic heterocycles. The molecule has 4 heteroatoms. The molecule has 4 nitrogen and oxygen atoms in total. The molecule has 1 aliphatic carbocycles. The lowest BCUT2D eigenvalue weighted by Crippen LogP contribution is -2.10. The summed E-state index contributed by atoms with van der Waals surface area (Å²) in [6.45, 7) is 7.42. The molecule has 0 bridgehead atoms. The number of nitrogens with one attached hydrogen (secondary N) is 1. The van der Waals surface area contributed by atoms with Crippen molar-refractivity contribution in [2.45, 2.75) is 33.1 Å². The number of rotatable bonds is 4. The highest BCUT2D eigenvalue weighted by Crippen LogP contribution is 2.37. The van der Waals surface area contributed by atoms with E-state index in [0.29, 0.717) is 11.7 Å². The molecule has 3 N–H and O–H groups in total. The SMILES string of the molecule is CC(C)c1nc(N)cc(NCC2CC2C)n1. The normalized spacial score (nSPS) is 23.5. The van der Waals surface area contributed by atoms with E-state index >= 15 is 0 Å². The van der Waals surface area contributed by atoms with Crippen LogP contribution >= 0.6 is 0 Å². The minimum absolute atomic E-state index is 0.309. The van der Waals surface area contributed by atoms with Crippen LogP contribution in [0.25, 0.3) is 0 Å². The van der Waals surface area contributed by atoms with Gasteiger partial charge in [0, 0.05) is 18.5 Å². The molecule has 0 aliphatic heterocycles. The number of hydrogen-bond donors (Lipinski definition) is 2. The van der Waals surface area contributed by atoms with Gasteiger partial charge in [-0.3, -0.25) is 0 Å². The minimum atomic E-state index is 0.309. The predicted molar refractivity (Wildman–Crippen MR) is 66.3 cm³/mol. The van der Waals surface area contributed by atoms with E-state index < -0.39 is 0 Å². The lowest BCUT2D eigenvalue weighted by molar-refractivity contribution is 0.763. The quantitative estimate of drug-likeness (QED) is 0.817. The van der Waals surface area contributed by atoms with Crippen LogP contribution in [0, 0.1) is 11.8 Å². The first kappa shape index (κ1) is 11.2. The number of nitrogens with two attached hydrogens (primary N) is 1. The van der Waals surface area contributed by atoms with Crippen LogP contribution in [0.4, 0.5) is 11.6 Å². The van der Waals surface area contributed by atoms with Gasteiger partial charge in [0.2, 0.25) is 0 Å². The maximum absolute atomic E-state index is 5.76. The second-order valence-corrected chi connectivity index (χ2v) is 5.04. The Balaban J connectivity index is 2.02. The highest BCUT2D eigenvalue weighted by Gasteiger charge is 2.31. The van der Waals surface area contributed by atoms with Crippen LogP contribution in [-0.4, -0.2) is 16.5 Å². The molecule has 1 aliphatic rings. The lowest BCUT2D eigenvalue weighted by Gasteiger charge is -2.09. The molecule has 2 unspecified atom stereocenters. The first-order valence-electron chi connectivity index (χ1n) is 5.94. The van der Waals surface area contributed by atoms with Gasteiger partial charge in [-0.15, -0.1) is 0 Å². The molecule has 1 saturated carbocycles. The zero-order valence-electron chi connectivity index (χ0n) is 10.2. The third-order valence-electron chi connectivity index (χ3n) is 3.10. The number of aromatic nitrogens is 2. The van der Waals surface area contributed by atoms with Gasteiger partial charge in [-0.05, 0) is 18.3 Å². The van der Waals surface area contributed by atoms with Crippen molar-refractivity contribution in [2.75, 3.05) is 17.6 Å². The van der Waals surface area contributed by atoms with E-state index in [1.165, 1.54) is 6.42 Å². The van der Waals surface area contributed by atoms with Crippen LogP contribution in [0.2, 0.25) is 0 Å². The number of nitrogens with zero attached hydrogens (tertiary/aromatic N) is 2. The highest BCUT2D eigenvalue weighted by atomic mass is 15.1. The molecule has 2 atom stereocenters. The van der Waals surface area contributed by atoms with Crippen molar-refractivity contribution >= 4 is 11.6 Å². The lowest BCUT2D eigenvalue weighted by atomic mass is 10.2. The smallest absolute Gasteiger partial charge is 0.135 e. The Labute approximate surface area is 96.7 Å². The van der Waals surface area contributed by atoms with Crippen LogP contribution in [0.1, 0.15) is 38.9 Å². The summed E-state index contributed by atoms with van der Waals surface area (Å²) in [4.78, 5) is 8.67. The molecule has 0 aromatic carbocycles. The van der Waals surface area contributed by atoms with Crippen molar-refractivity contribution in [3.63, 3.8) is 0 Å². The molecule has 16 heavy (non-hydrogen) atoms. The largest absolute Gasteiger partial charge is 0.384 e. The molecular formula is C12H20N4. The van der Waals surface area contributed by atoms with Crippen molar-refractivity contribution in [3.05, 3.63) is 11.9 Å². The molecule has 0 radical (unpaired) electrons. The Morgan fingerprint density at radius 3 is 2.75 bits per heavy atom. The molecule has 0 saturated heterocycles. The van der Waals surface area contributed by atoms with Gasteiger partial charge in [0.1, 0.15) is 17.5 Å². The molecule has 1 heterocycles. The van der Waals surface area contributed by atoms with E-state index in [9.17, 15) is 0 Å². The molecule has 88 valence electrons. The van der Waals surface area contributed by atoms with Gasteiger partial charge in [0.25, 0.3) is 0 Å². The van der Waals surface area contributed by atoms with Crippen LogP contribution in [0.5, 0.6) is 0 Å². The van der Waals surface area contributed by atoms with Gasteiger partial charge in [-0.25, -0.2) is 9.97 Å². The summed E-state index contributed by atoms with van der Waals surface area (Å²) in [5.41, 5.74) is 5.76. The van der Waals surface area contributed by atoms with Crippen molar-refractivity contribution in [1.29, 1.82) is 0 Å². The van der Waals surface area contributed by atoms with E-state index in [1.807, 2.05) is 0 Å². The van der Waals surface area contributed by atoms with Gasteiger partial charge in [-0.1, -0.05) is 20.8 Å². The summed E-state index contributed by atoms with van der Waals surface area (Å²) in [7, 11) is 0. The fourth-order valence-electron chi connectivity index (χ4n) is 1.75. The highest BCUT2D eigenvalue weighted by molar-refractivity contribution is 5.45. The summed E-state index contributed by atoms with van der Waals surface area (Å²) in [5.74, 6) is 4.19. The first-order valence-corrected chi connectivity index (χ1v) is 5.94. The minimum Gasteiger partial charge on any atom is -0.384 e. The topological polar surface area (TPSA) is 63.8 Å². The fourth-order valence-corrected chi connectivity index (χ4v) is 1.75. The van der Waals surface area contributed by atoms with Crippen LogP contribution < -0.4 is 11.1 Å². The zero-order valence-corrected chi connectivity index (χ0v) is 10.2. The van der Waals surface area contributed by atoms with Crippen LogP contribution in [0.3, 0.4) is 0 Å². The summed E-state index contributed by atoms with van der Waals surface area (Å²) in [5, 5.41) is 3.34. The maximum Gasteiger partial charge on any atom is 0.135 e. The summed E-state index contributed by atoms with van der Waals surface area (Å²) < 4.78 is 0. The van der Waals surface area contributed by atoms with Gasteiger partial charge in [0.15, 0.2) is 0 Å².